The first-order chi connectivity index (χ1) is 9.63. The number of rotatable bonds is 1. The third kappa shape index (κ3) is 2.05. The number of hydrogen-bond acceptors (Lipinski definition) is 2. The van der Waals surface area contributed by atoms with E-state index in [1.165, 1.54) is 48.1 Å². The van der Waals surface area contributed by atoms with Crippen molar-refractivity contribution in [1.29, 1.82) is 0 Å². The van der Waals surface area contributed by atoms with E-state index < -0.39 is 0 Å². The van der Waals surface area contributed by atoms with Crippen molar-refractivity contribution in [2.45, 2.75) is 45.6 Å². The molecule has 1 amide bonds. The number of fused-ring (bicyclic) bond motifs is 3. The smallest absolute Gasteiger partial charge is 0.251 e. The van der Waals surface area contributed by atoms with Crippen molar-refractivity contribution >= 4 is 5.91 Å². The number of amides is 1. The highest BCUT2D eigenvalue weighted by atomic mass is 16.1. The Morgan fingerprint density at radius 3 is 2.85 bits per heavy atom. The van der Waals surface area contributed by atoms with E-state index in [1.807, 2.05) is 0 Å². The fraction of sp³-hybridized carbons (Fsp3) is 0.588. The SMILES string of the molecule is CNC(=O)c1cc(C)c2c(c1C)CCN1CCCCC21. The van der Waals surface area contributed by atoms with E-state index in [2.05, 4.69) is 30.1 Å². The first kappa shape index (κ1) is 13.6. The minimum atomic E-state index is 0.0412. The molecule has 20 heavy (non-hydrogen) atoms. The Morgan fingerprint density at radius 1 is 1.30 bits per heavy atom. The lowest BCUT2D eigenvalue weighted by Crippen LogP contribution is -2.39. The van der Waals surface area contributed by atoms with Crippen LogP contribution in [0.1, 0.15) is 57.9 Å². The molecule has 1 saturated heterocycles. The molecule has 3 rings (SSSR count). The summed E-state index contributed by atoms with van der Waals surface area (Å²) in [5.41, 5.74) is 6.29. The van der Waals surface area contributed by atoms with Crippen molar-refractivity contribution < 1.29 is 4.79 Å². The van der Waals surface area contributed by atoms with Crippen LogP contribution in [0.2, 0.25) is 0 Å². The minimum absolute atomic E-state index is 0.0412. The van der Waals surface area contributed by atoms with Crippen LogP contribution >= 0.6 is 0 Å². The maximum Gasteiger partial charge on any atom is 0.251 e. The highest BCUT2D eigenvalue weighted by Gasteiger charge is 2.32. The summed E-state index contributed by atoms with van der Waals surface area (Å²) in [6, 6.07) is 2.68. The Bertz CT molecular complexity index is 550. The van der Waals surface area contributed by atoms with Gasteiger partial charge >= 0.3 is 0 Å². The third-order valence-electron chi connectivity index (χ3n) is 5.04. The lowest BCUT2D eigenvalue weighted by atomic mass is 9.80. The van der Waals surface area contributed by atoms with Gasteiger partial charge in [0.15, 0.2) is 0 Å². The first-order valence-electron chi connectivity index (χ1n) is 7.72. The molecule has 0 aliphatic carbocycles. The number of carbonyl (C=O) groups is 1. The lowest BCUT2D eigenvalue weighted by molar-refractivity contribution is 0.0961. The molecular formula is C17H24N2O. The van der Waals surface area contributed by atoms with E-state index in [-0.39, 0.29) is 5.91 Å². The first-order valence-corrected chi connectivity index (χ1v) is 7.72. The van der Waals surface area contributed by atoms with E-state index in [0.717, 1.165) is 18.5 Å². The van der Waals surface area contributed by atoms with Crippen LogP contribution in [0.3, 0.4) is 0 Å². The molecular weight excluding hydrogens is 248 g/mol. The van der Waals surface area contributed by atoms with Crippen LogP contribution in [-0.2, 0) is 6.42 Å². The van der Waals surface area contributed by atoms with E-state index >= 15 is 0 Å². The van der Waals surface area contributed by atoms with Crippen molar-refractivity contribution in [3.05, 3.63) is 33.9 Å². The van der Waals surface area contributed by atoms with Crippen LogP contribution in [0.15, 0.2) is 6.07 Å². The molecule has 0 radical (unpaired) electrons. The molecule has 108 valence electrons. The maximum atomic E-state index is 12.0. The van der Waals surface area contributed by atoms with Crippen molar-refractivity contribution in [1.82, 2.24) is 10.2 Å². The molecule has 1 fully saturated rings. The molecule has 3 nitrogen and oxygen atoms in total. The van der Waals surface area contributed by atoms with Gasteiger partial charge in [0.05, 0.1) is 0 Å². The summed E-state index contributed by atoms with van der Waals surface area (Å²) in [6.07, 6.45) is 5.02. The van der Waals surface area contributed by atoms with Gasteiger partial charge in [0.25, 0.3) is 5.91 Å². The van der Waals surface area contributed by atoms with Crippen molar-refractivity contribution in [3.63, 3.8) is 0 Å². The number of carbonyl (C=O) groups excluding carboxylic acids is 1. The van der Waals surface area contributed by atoms with Gasteiger partial charge in [-0.05, 0) is 68.0 Å². The second-order valence-electron chi connectivity index (χ2n) is 6.13. The zero-order chi connectivity index (χ0) is 14.3. The average molecular weight is 272 g/mol. The Hall–Kier alpha value is -1.35. The minimum Gasteiger partial charge on any atom is -0.355 e. The van der Waals surface area contributed by atoms with Crippen LogP contribution in [-0.4, -0.2) is 30.9 Å². The predicted octanol–water partition coefficient (Wildman–Crippen LogP) is 2.75. The molecule has 0 bridgehead atoms. The number of benzene rings is 1. The maximum absolute atomic E-state index is 12.0. The van der Waals surface area contributed by atoms with Gasteiger partial charge in [-0.3, -0.25) is 9.69 Å². The lowest BCUT2D eigenvalue weighted by Gasteiger charge is -2.42. The van der Waals surface area contributed by atoms with Gasteiger partial charge in [0.1, 0.15) is 0 Å². The average Bonchev–Trinajstić information content (AvgIpc) is 2.49. The van der Waals surface area contributed by atoms with Gasteiger partial charge in [0, 0.05) is 25.2 Å². The van der Waals surface area contributed by atoms with E-state index in [4.69, 9.17) is 0 Å². The Balaban J connectivity index is 2.11. The zero-order valence-corrected chi connectivity index (χ0v) is 12.8. The fourth-order valence-corrected chi connectivity index (χ4v) is 4.00. The van der Waals surface area contributed by atoms with Crippen molar-refractivity contribution in [2.75, 3.05) is 20.1 Å². The van der Waals surface area contributed by atoms with Crippen molar-refractivity contribution in [3.8, 4) is 0 Å². The van der Waals surface area contributed by atoms with E-state index in [0.29, 0.717) is 6.04 Å². The topological polar surface area (TPSA) is 32.3 Å². The Labute approximate surface area is 121 Å². The molecule has 0 aromatic heterocycles. The molecule has 1 atom stereocenters. The van der Waals surface area contributed by atoms with Crippen LogP contribution in [0, 0.1) is 13.8 Å². The summed E-state index contributed by atoms with van der Waals surface area (Å²) in [6.45, 7) is 6.67. The van der Waals surface area contributed by atoms with Crippen LogP contribution < -0.4 is 5.32 Å². The zero-order valence-electron chi connectivity index (χ0n) is 12.8. The number of nitrogens with one attached hydrogen (secondary N) is 1. The standard InChI is InChI=1S/C17H24N2O/c1-11-10-14(17(20)18-3)12(2)13-7-9-19-8-5-4-6-15(19)16(11)13/h10,15H,4-9H2,1-3H3,(H,18,20). The summed E-state index contributed by atoms with van der Waals surface area (Å²) in [5, 5.41) is 2.76. The van der Waals surface area contributed by atoms with Crippen LogP contribution in [0.4, 0.5) is 0 Å². The summed E-state index contributed by atoms with van der Waals surface area (Å²) in [7, 11) is 1.71. The summed E-state index contributed by atoms with van der Waals surface area (Å²) in [5.74, 6) is 0.0412. The van der Waals surface area contributed by atoms with E-state index in [1.54, 1.807) is 7.05 Å². The third-order valence-corrected chi connectivity index (χ3v) is 5.04. The Kier molecular flexibility index (Phi) is 3.55. The van der Waals surface area contributed by atoms with Gasteiger partial charge < -0.3 is 5.32 Å². The predicted molar refractivity (Wildman–Crippen MR) is 81.2 cm³/mol. The number of piperidine rings is 1. The molecule has 0 spiro atoms. The molecule has 2 aliphatic rings. The highest BCUT2D eigenvalue weighted by molar-refractivity contribution is 5.96. The van der Waals surface area contributed by atoms with Crippen molar-refractivity contribution in [2.24, 2.45) is 0 Å². The monoisotopic (exact) mass is 272 g/mol. The largest absolute Gasteiger partial charge is 0.355 e. The quantitative estimate of drug-likeness (QED) is 0.852. The normalized spacial score (nSPS) is 22.1. The molecule has 2 aliphatic heterocycles. The number of hydrogen-bond donors (Lipinski definition) is 1. The number of nitrogens with zero attached hydrogens (tertiary/aromatic N) is 1. The highest BCUT2D eigenvalue weighted by Crippen LogP contribution is 2.40. The Morgan fingerprint density at radius 2 is 2.10 bits per heavy atom. The molecule has 3 heteroatoms. The van der Waals surface area contributed by atoms with Gasteiger partial charge in [-0.1, -0.05) is 6.42 Å². The van der Waals surface area contributed by atoms with Gasteiger partial charge in [0.2, 0.25) is 0 Å². The summed E-state index contributed by atoms with van der Waals surface area (Å²) >= 11 is 0. The van der Waals surface area contributed by atoms with Gasteiger partial charge in [-0.2, -0.15) is 0 Å². The van der Waals surface area contributed by atoms with Crippen LogP contribution in [0.25, 0.3) is 0 Å². The molecule has 1 aromatic rings. The van der Waals surface area contributed by atoms with Crippen LogP contribution in [0.5, 0.6) is 0 Å². The molecule has 0 saturated carbocycles. The molecule has 1 aromatic carbocycles. The van der Waals surface area contributed by atoms with Gasteiger partial charge in [-0.25, -0.2) is 0 Å². The summed E-state index contributed by atoms with van der Waals surface area (Å²) in [4.78, 5) is 14.7. The van der Waals surface area contributed by atoms with Gasteiger partial charge in [-0.15, -0.1) is 0 Å². The molecule has 2 heterocycles. The molecule has 1 N–H and O–H groups in total. The second kappa shape index (κ2) is 5.21. The summed E-state index contributed by atoms with van der Waals surface area (Å²) < 4.78 is 0. The van der Waals surface area contributed by atoms with E-state index in [9.17, 15) is 4.79 Å². The molecule has 1 unspecified atom stereocenters. The fourth-order valence-electron chi connectivity index (χ4n) is 4.00. The number of aryl methyl sites for hydroxylation is 1. The second-order valence-corrected chi connectivity index (χ2v) is 6.13.